The number of methoxy groups -OCH3 is 2. The molecular formula is C19H28ClN3O4. The van der Waals surface area contributed by atoms with E-state index in [0.29, 0.717) is 42.7 Å². The van der Waals surface area contributed by atoms with E-state index in [-0.39, 0.29) is 42.6 Å². The maximum absolute atomic E-state index is 12.9. The summed E-state index contributed by atoms with van der Waals surface area (Å²) in [5.41, 5.74) is 6.45. The molecular weight excluding hydrogens is 370 g/mol. The second kappa shape index (κ2) is 8.80. The molecule has 3 atom stereocenters. The van der Waals surface area contributed by atoms with E-state index in [0.717, 1.165) is 6.42 Å². The van der Waals surface area contributed by atoms with Crippen LogP contribution in [0.25, 0.3) is 0 Å². The van der Waals surface area contributed by atoms with Crippen LogP contribution in [0.1, 0.15) is 19.8 Å². The monoisotopic (exact) mass is 397 g/mol. The summed E-state index contributed by atoms with van der Waals surface area (Å²) >= 11 is 0. The Bertz CT molecular complexity index is 677. The Balaban J connectivity index is 0.00000261. The van der Waals surface area contributed by atoms with Gasteiger partial charge >= 0.3 is 0 Å². The fourth-order valence-electron chi connectivity index (χ4n) is 3.93. The van der Waals surface area contributed by atoms with Crippen LogP contribution in [0.3, 0.4) is 0 Å². The van der Waals surface area contributed by atoms with E-state index < -0.39 is 0 Å². The first-order valence-electron chi connectivity index (χ1n) is 9.00. The number of nitrogens with zero attached hydrogens (tertiary/aromatic N) is 2. The Labute approximate surface area is 166 Å². The number of amides is 2. The number of nitrogens with two attached hydrogens (primary N) is 1. The molecule has 0 spiro atoms. The number of hydrogen-bond donors (Lipinski definition) is 1. The lowest BCUT2D eigenvalue weighted by Gasteiger charge is -2.25. The zero-order valence-corrected chi connectivity index (χ0v) is 16.8. The van der Waals surface area contributed by atoms with Gasteiger partial charge in [-0.3, -0.25) is 9.59 Å². The Morgan fingerprint density at radius 2 is 1.81 bits per heavy atom. The van der Waals surface area contributed by atoms with Gasteiger partial charge in [0.2, 0.25) is 11.8 Å². The van der Waals surface area contributed by atoms with Gasteiger partial charge in [-0.05, 0) is 25.8 Å². The van der Waals surface area contributed by atoms with Gasteiger partial charge in [-0.25, -0.2) is 0 Å². The van der Waals surface area contributed by atoms with E-state index in [4.69, 9.17) is 15.2 Å². The summed E-state index contributed by atoms with van der Waals surface area (Å²) in [6.07, 6.45) is 1.16. The number of halogens is 1. The smallest absolute Gasteiger partial charge is 0.228 e. The molecule has 7 nitrogen and oxygen atoms in total. The van der Waals surface area contributed by atoms with Gasteiger partial charge in [0.05, 0.1) is 25.8 Å². The van der Waals surface area contributed by atoms with Gasteiger partial charge in [0.25, 0.3) is 0 Å². The minimum atomic E-state index is -0.321. The van der Waals surface area contributed by atoms with E-state index in [1.54, 1.807) is 37.3 Å². The molecule has 0 radical (unpaired) electrons. The number of hydrogen-bond acceptors (Lipinski definition) is 5. The molecule has 2 fully saturated rings. The van der Waals surface area contributed by atoms with Crippen LogP contribution >= 0.6 is 12.4 Å². The van der Waals surface area contributed by atoms with Crippen molar-refractivity contribution in [2.45, 2.75) is 25.8 Å². The summed E-state index contributed by atoms with van der Waals surface area (Å²) in [5, 5.41) is 0. The average Bonchev–Trinajstić information content (AvgIpc) is 3.23. The third-order valence-corrected chi connectivity index (χ3v) is 5.40. The number of carbonyl (C=O) groups excluding carboxylic acids is 2. The molecule has 0 bridgehead atoms. The Morgan fingerprint density at radius 1 is 1.19 bits per heavy atom. The number of anilines is 1. The van der Waals surface area contributed by atoms with Gasteiger partial charge in [0.1, 0.15) is 11.5 Å². The molecule has 1 aromatic carbocycles. The van der Waals surface area contributed by atoms with Crippen LogP contribution < -0.4 is 20.1 Å². The number of carbonyl (C=O) groups is 2. The van der Waals surface area contributed by atoms with Crippen LogP contribution in [0.2, 0.25) is 0 Å². The topological polar surface area (TPSA) is 85.1 Å². The van der Waals surface area contributed by atoms with Crippen molar-refractivity contribution in [1.29, 1.82) is 0 Å². The summed E-state index contributed by atoms with van der Waals surface area (Å²) in [5.74, 6) is 1.25. The lowest BCUT2D eigenvalue weighted by Crippen LogP contribution is -2.40. The summed E-state index contributed by atoms with van der Waals surface area (Å²) in [7, 11) is 3.14. The van der Waals surface area contributed by atoms with Gasteiger partial charge < -0.3 is 25.0 Å². The highest BCUT2D eigenvalue weighted by atomic mass is 35.5. The predicted octanol–water partition coefficient (Wildman–Crippen LogP) is 1.67. The fourth-order valence-corrected chi connectivity index (χ4v) is 3.93. The molecule has 0 saturated carbocycles. The zero-order chi connectivity index (χ0) is 18.8. The molecule has 2 amide bonds. The van der Waals surface area contributed by atoms with Crippen LogP contribution in [0.5, 0.6) is 11.5 Å². The number of rotatable bonds is 5. The van der Waals surface area contributed by atoms with Gasteiger partial charge in [0, 0.05) is 43.8 Å². The molecule has 2 aliphatic rings. The van der Waals surface area contributed by atoms with E-state index in [1.165, 1.54) is 0 Å². The van der Waals surface area contributed by atoms with Crippen LogP contribution in [-0.4, -0.2) is 56.6 Å². The standard InChI is InChI=1S/C19H27N3O4.ClH/c1-12-4-13(9-20)10-21(12)19(24)14-5-18(23)22(11-14)15-6-16(25-2)8-17(7-15)26-3;/h6-8,12-14H,4-5,9-11,20H2,1-3H3;1H. The Hall–Kier alpha value is -1.99. The lowest BCUT2D eigenvalue weighted by molar-refractivity contribution is -0.136. The molecule has 3 rings (SSSR count). The molecule has 27 heavy (non-hydrogen) atoms. The SMILES string of the molecule is COc1cc(OC)cc(N2CC(C(=O)N3CC(CN)CC3C)CC2=O)c1.Cl. The van der Waals surface area contributed by atoms with Gasteiger partial charge in [-0.1, -0.05) is 0 Å². The molecule has 0 aliphatic carbocycles. The quantitative estimate of drug-likeness (QED) is 0.816. The van der Waals surface area contributed by atoms with Gasteiger partial charge in [-0.2, -0.15) is 0 Å². The molecule has 150 valence electrons. The van der Waals surface area contributed by atoms with Crippen LogP contribution in [0.4, 0.5) is 5.69 Å². The molecule has 1 aromatic rings. The Morgan fingerprint density at radius 3 is 2.33 bits per heavy atom. The van der Waals surface area contributed by atoms with E-state index >= 15 is 0 Å². The summed E-state index contributed by atoms with van der Waals surface area (Å²) in [6.45, 7) is 3.71. The van der Waals surface area contributed by atoms with Gasteiger partial charge in [0.15, 0.2) is 0 Å². The Kier molecular flexibility index (Phi) is 6.95. The molecule has 2 N–H and O–H groups in total. The maximum atomic E-state index is 12.9. The number of ether oxygens (including phenoxy) is 2. The maximum Gasteiger partial charge on any atom is 0.228 e. The van der Waals surface area contributed by atoms with E-state index in [1.807, 2.05) is 4.90 Å². The first kappa shape index (κ1) is 21.3. The van der Waals surface area contributed by atoms with Crippen molar-refractivity contribution in [3.8, 4) is 11.5 Å². The van der Waals surface area contributed by atoms with Crippen LogP contribution in [0, 0.1) is 11.8 Å². The summed E-state index contributed by atoms with van der Waals surface area (Å²) in [4.78, 5) is 29.0. The molecule has 2 aliphatic heterocycles. The van der Waals surface area contributed by atoms with Crippen molar-refractivity contribution in [2.75, 3.05) is 38.8 Å². The molecule has 3 unspecified atom stereocenters. The highest BCUT2D eigenvalue weighted by Crippen LogP contribution is 2.34. The van der Waals surface area contributed by atoms with Crippen molar-refractivity contribution in [2.24, 2.45) is 17.6 Å². The van der Waals surface area contributed by atoms with Crippen molar-refractivity contribution in [3.63, 3.8) is 0 Å². The van der Waals surface area contributed by atoms with Crippen molar-refractivity contribution >= 4 is 29.9 Å². The van der Waals surface area contributed by atoms with Crippen LogP contribution in [-0.2, 0) is 9.59 Å². The third kappa shape index (κ3) is 4.30. The molecule has 8 heteroatoms. The first-order chi connectivity index (χ1) is 12.5. The van der Waals surface area contributed by atoms with E-state index in [9.17, 15) is 9.59 Å². The van der Waals surface area contributed by atoms with Gasteiger partial charge in [-0.15, -0.1) is 12.4 Å². The van der Waals surface area contributed by atoms with Crippen LogP contribution in [0.15, 0.2) is 18.2 Å². The molecule has 0 aromatic heterocycles. The molecule has 2 saturated heterocycles. The zero-order valence-electron chi connectivity index (χ0n) is 16.0. The predicted molar refractivity (Wildman–Crippen MR) is 106 cm³/mol. The number of benzene rings is 1. The highest BCUT2D eigenvalue weighted by Gasteiger charge is 2.41. The van der Waals surface area contributed by atoms with Crippen molar-refractivity contribution < 1.29 is 19.1 Å². The van der Waals surface area contributed by atoms with Crippen molar-refractivity contribution in [1.82, 2.24) is 4.90 Å². The minimum Gasteiger partial charge on any atom is -0.497 e. The van der Waals surface area contributed by atoms with Crippen molar-refractivity contribution in [3.05, 3.63) is 18.2 Å². The third-order valence-electron chi connectivity index (χ3n) is 5.40. The fraction of sp³-hybridized carbons (Fsp3) is 0.579. The molecule has 2 heterocycles. The average molecular weight is 398 g/mol. The first-order valence-corrected chi connectivity index (χ1v) is 9.00. The lowest BCUT2D eigenvalue weighted by atomic mass is 10.1. The summed E-state index contributed by atoms with van der Waals surface area (Å²) < 4.78 is 10.6. The minimum absolute atomic E-state index is 0. The van der Waals surface area contributed by atoms with E-state index in [2.05, 4.69) is 6.92 Å². The second-order valence-corrected chi connectivity index (χ2v) is 7.15. The normalized spacial score (nSPS) is 24.7. The number of likely N-dealkylation sites (tertiary alicyclic amines) is 1. The largest absolute Gasteiger partial charge is 0.497 e. The highest BCUT2D eigenvalue weighted by molar-refractivity contribution is 6.00. The second-order valence-electron chi connectivity index (χ2n) is 7.15. The summed E-state index contributed by atoms with van der Waals surface area (Å²) in [6, 6.07) is 5.51.